The molecule has 0 fully saturated rings. The second kappa shape index (κ2) is 10.2. The summed E-state index contributed by atoms with van der Waals surface area (Å²) in [6.45, 7) is 0. The first-order valence-corrected chi connectivity index (χ1v) is 11.4. The Morgan fingerprint density at radius 2 is 2.09 bits per heavy atom. The Hall–Kier alpha value is -3.46. The summed E-state index contributed by atoms with van der Waals surface area (Å²) in [6.07, 6.45) is 8.81. The first kappa shape index (κ1) is 21.8. The number of imidazole rings is 1. The van der Waals surface area contributed by atoms with Gasteiger partial charge in [0, 0.05) is 24.4 Å². The van der Waals surface area contributed by atoms with Gasteiger partial charge in [-0.15, -0.1) is 11.3 Å². The molecule has 1 atom stereocenters. The Kier molecular flexibility index (Phi) is 6.96. The number of nitrogens with one attached hydrogen (secondary N) is 3. The molecule has 0 bridgehead atoms. The summed E-state index contributed by atoms with van der Waals surface area (Å²) in [7, 11) is 1.64. The number of fused-ring (bicyclic) bond motifs is 1. The number of hydrogen-bond donors (Lipinski definition) is 3. The summed E-state index contributed by atoms with van der Waals surface area (Å²) in [5, 5.41) is 6.74. The van der Waals surface area contributed by atoms with E-state index in [0.717, 1.165) is 41.5 Å². The summed E-state index contributed by atoms with van der Waals surface area (Å²) in [6, 6.07) is 7.61. The minimum atomic E-state index is -0.268. The Balaban J connectivity index is 1.47. The zero-order chi connectivity index (χ0) is 22.3. The van der Waals surface area contributed by atoms with E-state index in [-0.39, 0.29) is 17.9 Å². The van der Waals surface area contributed by atoms with Crippen LogP contribution in [-0.2, 0) is 4.79 Å². The largest absolute Gasteiger partial charge is 0.464 e. The van der Waals surface area contributed by atoms with Gasteiger partial charge in [-0.05, 0) is 37.1 Å². The van der Waals surface area contributed by atoms with E-state index in [1.807, 2.05) is 24.3 Å². The number of carbonyl (C=O) groups excluding carboxylic acids is 2. The van der Waals surface area contributed by atoms with E-state index >= 15 is 0 Å². The molecule has 1 aromatic carbocycles. The van der Waals surface area contributed by atoms with Crippen LogP contribution in [0.4, 0.5) is 0 Å². The summed E-state index contributed by atoms with van der Waals surface area (Å²) in [5.74, 6) is 0.586. The third-order valence-corrected chi connectivity index (χ3v) is 6.10. The van der Waals surface area contributed by atoms with Crippen LogP contribution >= 0.6 is 11.3 Å². The lowest BCUT2D eigenvalue weighted by Crippen LogP contribution is -2.28. The molecule has 3 heterocycles. The topological polar surface area (TPSA) is 113 Å². The first-order valence-electron chi connectivity index (χ1n) is 10.6. The maximum Gasteiger partial charge on any atom is 0.263 e. The van der Waals surface area contributed by atoms with E-state index in [2.05, 4.69) is 25.6 Å². The summed E-state index contributed by atoms with van der Waals surface area (Å²) < 4.78 is 5.41. The van der Waals surface area contributed by atoms with Crippen LogP contribution < -0.4 is 10.6 Å². The van der Waals surface area contributed by atoms with Gasteiger partial charge in [-0.1, -0.05) is 12.8 Å². The molecule has 0 saturated heterocycles. The average molecular weight is 452 g/mol. The predicted octanol–water partition coefficient (Wildman–Crippen LogP) is 4.45. The molecule has 3 N–H and O–H groups in total. The fourth-order valence-corrected chi connectivity index (χ4v) is 4.09. The van der Waals surface area contributed by atoms with E-state index < -0.39 is 0 Å². The van der Waals surface area contributed by atoms with Crippen molar-refractivity contribution in [2.75, 3.05) is 7.05 Å². The summed E-state index contributed by atoms with van der Waals surface area (Å²) in [4.78, 5) is 36.6. The molecule has 3 aromatic heterocycles. The zero-order valence-corrected chi connectivity index (χ0v) is 18.6. The highest BCUT2D eigenvalue weighted by Gasteiger charge is 2.20. The van der Waals surface area contributed by atoms with Crippen LogP contribution in [0.25, 0.3) is 22.2 Å². The fraction of sp³-hybridized carbons (Fsp3) is 0.304. The number of aromatic nitrogens is 3. The molecule has 1 unspecified atom stereocenters. The van der Waals surface area contributed by atoms with Gasteiger partial charge in [0.25, 0.3) is 5.91 Å². The Labute approximate surface area is 189 Å². The van der Waals surface area contributed by atoms with Gasteiger partial charge < -0.3 is 20.0 Å². The lowest BCUT2D eigenvalue weighted by molar-refractivity contribution is -0.120. The number of benzene rings is 1. The number of hydrogen-bond acceptors (Lipinski definition) is 6. The molecule has 0 aliphatic rings. The highest BCUT2D eigenvalue weighted by molar-refractivity contribution is 7.11. The van der Waals surface area contributed by atoms with Crippen molar-refractivity contribution in [3.05, 3.63) is 59.1 Å². The zero-order valence-electron chi connectivity index (χ0n) is 17.8. The van der Waals surface area contributed by atoms with Gasteiger partial charge in [-0.25, -0.2) is 4.98 Å². The Bertz CT molecular complexity index is 1180. The SMILES string of the molecule is CNC(=O)CCCCCC(NC(=O)c1cncs1)c1ncc(-c2ccc3occc3c2)[nH]1. The molecule has 0 aliphatic heterocycles. The maximum atomic E-state index is 12.7. The van der Waals surface area contributed by atoms with Crippen LogP contribution in [0, 0.1) is 0 Å². The van der Waals surface area contributed by atoms with Crippen LogP contribution in [0.1, 0.15) is 53.6 Å². The molecular formula is C23H25N5O3S. The smallest absolute Gasteiger partial charge is 0.263 e. The monoisotopic (exact) mass is 451 g/mol. The molecule has 166 valence electrons. The normalized spacial score (nSPS) is 12.0. The molecule has 0 radical (unpaired) electrons. The predicted molar refractivity (Wildman–Crippen MR) is 123 cm³/mol. The van der Waals surface area contributed by atoms with Gasteiger partial charge in [-0.3, -0.25) is 14.6 Å². The highest BCUT2D eigenvalue weighted by Crippen LogP contribution is 2.26. The van der Waals surface area contributed by atoms with E-state index in [9.17, 15) is 9.59 Å². The Morgan fingerprint density at radius 3 is 2.91 bits per heavy atom. The maximum absolute atomic E-state index is 12.7. The van der Waals surface area contributed by atoms with Gasteiger partial charge in [0.2, 0.25) is 5.91 Å². The second-order valence-electron chi connectivity index (χ2n) is 7.52. The number of rotatable bonds is 10. The second-order valence-corrected chi connectivity index (χ2v) is 8.41. The minimum Gasteiger partial charge on any atom is -0.464 e. The first-order chi connectivity index (χ1) is 15.6. The van der Waals surface area contributed by atoms with Crippen molar-refractivity contribution in [3.63, 3.8) is 0 Å². The van der Waals surface area contributed by atoms with E-state index in [1.165, 1.54) is 11.3 Å². The van der Waals surface area contributed by atoms with Crippen LogP contribution in [0.3, 0.4) is 0 Å². The van der Waals surface area contributed by atoms with Crippen molar-refractivity contribution in [3.8, 4) is 11.3 Å². The van der Waals surface area contributed by atoms with Gasteiger partial charge >= 0.3 is 0 Å². The molecule has 9 heteroatoms. The van der Waals surface area contributed by atoms with Crippen LogP contribution in [0.2, 0.25) is 0 Å². The molecule has 4 aromatic rings. The van der Waals surface area contributed by atoms with Crippen molar-refractivity contribution in [2.24, 2.45) is 0 Å². The molecule has 8 nitrogen and oxygen atoms in total. The van der Waals surface area contributed by atoms with Crippen LogP contribution in [-0.4, -0.2) is 33.8 Å². The Morgan fingerprint density at radius 1 is 1.19 bits per heavy atom. The van der Waals surface area contributed by atoms with Crippen molar-refractivity contribution in [2.45, 2.75) is 38.1 Å². The summed E-state index contributed by atoms with van der Waals surface area (Å²) >= 11 is 1.30. The van der Waals surface area contributed by atoms with E-state index in [1.54, 1.807) is 31.2 Å². The number of H-pyrrole nitrogens is 1. The average Bonchev–Trinajstić information content (AvgIpc) is 3.58. The number of unbranched alkanes of at least 4 members (excludes halogenated alkanes) is 2. The number of nitrogens with zero attached hydrogens (tertiary/aromatic N) is 2. The van der Waals surface area contributed by atoms with Crippen molar-refractivity contribution in [1.29, 1.82) is 0 Å². The molecule has 2 amide bonds. The lowest BCUT2D eigenvalue weighted by Gasteiger charge is -2.16. The number of carbonyl (C=O) groups is 2. The van der Waals surface area contributed by atoms with E-state index in [4.69, 9.17) is 4.42 Å². The molecule has 0 spiro atoms. The molecule has 0 aliphatic carbocycles. The fourth-order valence-electron chi connectivity index (χ4n) is 3.56. The van der Waals surface area contributed by atoms with Crippen molar-refractivity contribution in [1.82, 2.24) is 25.6 Å². The third kappa shape index (κ3) is 5.23. The van der Waals surface area contributed by atoms with Gasteiger partial charge in [-0.2, -0.15) is 0 Å². The number of aromatic amines is 1. The van der Waals surface area contributed by atoms with Gasteiger partial charge in [0.1, 0.15) is 16.3 Å². The number of thiazole rings is 1. The van der Waals surface area contributed by atoms with Crippen molar-refractivity contribution >= 4 is 34.1 Å². The van der Waals surface area contributed by atoms with Crippen LogP contribution in [0.5, 0.6) is 0 Å². The lowest BCUT2D eigenvalue weighted by atomic mass is 10.1. The van der Waals surface area contributed by atoms with Gasteiger partial charge in [0.05, 0.1) is 35.9 Å². The minimum absolute atomic E-state index is 0.0466. The van der Waals surface area contributed by atoms with E-state index in [0.29, 0.717) is 23.5 Å². The molecule has 32 heavy (non-hydrogen) atoms. The van der Waals surface area contributed by atoms with Crippen LogP contribution in [0.15, 0.2) is 52.9 Å². The number of amides is 2. The van der Waals surface area contributed by atoms with Gasteiger partial charge in [0.15, 0.2) is 0 Å². The molecule has 0 saturated carbocycles. The quantitative estimate of drug-likeness (QED) is 0.308. The standard InChI is InChI=1S/C23H25N5O3S/c1-24-21(29)6-4-2-3-5-17(28-23(30)20-13-25-14-32-20)22-26-12-18(27-22)15-7-8-19-16(11-15)9-10-31-19/h7-14,17H,2-6H2,1H3,(H,24,29)(H,26,27)(H,28,30). The third-order valence-electron chi connectivity index (χ3n) is 5.33. The molecule has 4 rings (SSSR count). The highest BCUT2D eigenvalue weighted by atomic mass is 32.1. The number of furan rings is 1. The summed E-state index contributed by atoms with van der Waals surface area (Å²) in [5.41, 5.74) is 4.34. The molecular weight excluding hydrogens is 426 g/mol. The van der Waals surface area contributed by atoms with Crippen molar-refractivity contribution < 1.29 is 14.0 Å².